The Bertz CT molecular complexity index is 383. The van der Waals surface area contributed by atoms with Gasteiger partial charge < -0.3 is 15.0 Å². The zero-order chi connectivity index (χ0) is 16.3. The summed E-state index contributed by atoms with van der Waals surface area (Å²) in [5.41, 5.74) is -0.412. The highest BCUT2D eigenvalue weighted by Crippen LogP contribution is 2.28. The van der Waals surface area contributed by atoms with Crippen LogP contribution in [0.5, 0.6) is 0 Å². The number of nitrogens with one attached hydrogen (secondary N) is 1. The number of amides is 1. The van der Waals surface area contributed by atoms with E-state index >= 15 is 0 Å². The van der Waals surface area contributed by atoms with Crippen LogP contribution in [-0.2, 0) is 4.74 Å². The van der Waals surface area contributed by atoms with E-state index in [0.717, 1.165) is 24.8 Å². The molecule has 2 fully saturated rings. The van der Waals surface area contributed by atoms with E-state index in [1.807, 2.05) is 25.7 Å². The van der Waals surface area contributed by atoms with Gasteiger partial charge in [0.2, 0.25) is 0 Å². The highest BCUT2D eigenvalue weighted by molar-refractivity contribution is 8.00. The number of ether oxygens (including phenoxy) is 1. The molecule has 4 unspecified atom stereocenters. The van der Waals surface area contributed by atoms with Gasteiger partial charge in [0.25, 0.3) is 0 Å². The number of hydrogen-bond donors (Lipinski definition) is 1. The lowest BCUT2D eigenvalue weighted by molar-refractivity contribution is 0.0147. The summed E-state index contributed by atoms with van der Waals surface area (Å²) >= 11 is 2.06. The van der Waals surface area contributed by atoms with Crippen molar-refractivity contribution in [3.05, 3.63) is 0 Å². The second-order valence-corrected chi connectivity index (χ2v) is 9.33. The summed E-state index contributed by atoms with van der Waals surface area (Å²) in [7, 11) is 0. The van der Waals surface area contributed by atoms with Gasteiger partial charge in [-0.05, 0) is 52.9 Å². The molecule has 2 heterocycles. The Morgan fingerprint density at radius 2 is 2.14 bits per heavy atom. The second-order valence-electron chi connectivity index (χ2n) is 7.86. The molecular formula is C17H32N2O2S. The third kappa shape index (κ3) is 5.34. The molecule has 5 heteroatoms. The highest BCUT2D eigenvalue weighted by atomic mass is 32.2. The van der Waals surface area contributed by atoms with Gasteiger partial charge in [0.05, 0.1) is 0 Å². The van der Waals surface area contributed by atoms with Crippen LogP contribution in [0.4, 0.5) is 4.79 Å². The molecule has 0 aliphatic carbocycles. The summed E-state index contributed by atoms with van der Waals surface area (Å²) in [5, 5.41) is 4.56. The zero-order valence-electron chi connectivity index (χ0n) is 14.7. The molecule has 0 bridgehead atoms. The van der Waals surface area contributed by atoms with E-state index in [2.05, 4.69) is 30.9 Å². The van der Waals surface area contributed by atoms with Gasteiger partial charge in [-0.1, -0.05) is 6.92 Å². The van der Waals surface area contributed by atoms with Crippen LogP contribution >= 0.6 is 11.8 Å². The molecule has 1 N–H and O–H groups in total. The Hall–Kier alpha value is -0.420. The van der Waals surface area contributed by atoms with Gasteiger partial charge in [0.1, 0.15) is 5.60 Å². The van der Waals surface area contributed by atoms with Gasteiger partial charge in [-0.3, -0.25) is 0 Å². The monoisotopic (exact) mass is 328 g/mol. The molecule has 2 rings (SSSR count). The van der Waals surface area contributed by atoms with Crippen LogP contribution < -0.4 is 5.32 Å². The lowest BCUT2D eigenvalue weighted by Crippen LogP contribution is -2.49. The fourth-order valence-corrected chi connectivity index (χ4v) is 4.51. The van der Waals surface area contributed by atoms with Crippen LogP contribution in [0.2, 0.25) is 0 Å². The van der Waals surface area contributed by atoms with E-state index in [4.69, 9.17) is 4.74 Å². The van der Waals surface area contributed by atoms with Crippen molar-refractivity contribution >= 4 is 17.9 Å². The summed E-state index contributed by atoms with van der Waals surface area (Å²) in [6.07, 6.45) is 3.38. The maximum Gasteiger partial charge on any atom is 0.410 e. The van der Waals surface area contributed by atoms with Crippen molar-refractivity contribution in [2.75, 3.05) is 18.8 Å². The quantitative estimate of drug-likeness (QED) is 0.861. The van der Waals surface area contributed by atoms with Crippen molar-refractivity contribution in [3.63, 3.8) is 0 Å². The molecule has 0 aromatic rings. The number of carbonyl (C=O) groups excluding carboxylic acids is 1. The molecule has 2 saturated heterocycles. The van der Waals surface area contributed by atoms with Gasteiger partial charge in [0, 0.05) is 36.2 Å². The van der Waals surface area contributed by atoms with Crippen LogP contribution in [0.1, 0.15) is 53.9 Å². The van der Waals surface area contributed by atoms with E-state index in [9.17, 15) is 4.79 Å². The number of thioether (sulfide) groups is 1. The van der Waals surface area contributed by atoms with E-state index in [0.29, 0.717) is 18.0 Å². The molecule has 0 radical (unpaired) electrons. The van der Waals surface area contributed by atoms with Crippen molar-refractivity contribution in [3.8, 4) is 0 Å². The van der Waals surface area contributed by atoms with Crippen molar-refractivity contribution < 1.29 is 9.53 Å². The molecular weight excluding hydrogens is 296 g/mol. The normalized spacial score (nSPS) is 31.1. The number of nitrogens with zero attached hydrogens (tertiary/aromatic N) is 1. The van der Waals surface area contributed by atoms with Crippen molar-refractivity contribution in [1.29, 1.82) is 0 Å². The summed E-state index contributed by atoms with van der Waals surface area (Å²) in [6.45, 7) is 12.0. The molecule has 0 aromatic carbocycles. The standard InChI is InChI=1S/C17H32N2O2S/c1-12-9-15(11-22-12)18-13(2)14-7-6-8-19(10-14)16(20)21-17(3,4)5/h12-15,18H,6-11H2,1-5H3. The highest BCUT2D eigenvalue weighted by Gasteiger charge is 2.32. The van der Waals surface area contributed by atoms with E-state index in [-0.39, 0.29) is 6.09 Å². The SMILES string of the molecule is CC1CC(NC(C)C2CCCN(C(=O)OC(C)(C)C)C2)CS1. The van der Waals surface area contributed by atoms with Crippen LogP contribution in [0.3, 0.4) is 0 Å². The van der Waals surface area contributed by atoms with Crippen molar-refractivity contribution in [1.82, 2.24) is 10.2 Å². The molecule has 1 amide bonds. The van der Waals surface area contributed by atoms with Gasteiger partial charge >= 0.3 is 6.09 Å². The lowest BCUT2D eigenvalue weighted by Gasteiger charge is -2.37. The zero-order valence-corrected chi connectivity index (χ0v) is 15.5. The molecule has 128 valence electrons. The maximum atomic E-state index is 12.2. The van der Waals surface area contributed by atoms with Crippen molar-refractivity contribution in [2.45, 2.75) is 76.8 Å². The fourth-order valence-electron chi connectivity index (χ4n) is 3.35. The molecule has 0 saturated carbocycles. The number of rotatable bonds is 3. The summed E-state index contributed by atoms with van der Waals surface area (Å²) < 4.78 is 5.52. The van der Waals surface area contributed by atoms with Gasteiger partial charge in [0.15, 0.2) is 0 Å². The van der Waals surface area contributed by atoms with Gasteiger partial charge in [-0.2, -0.15) is 11.8 Å². The maximum absolute atomic E-state index is 12.2. The van der Waals surface area contributed by atoms with Crippen molar-refractivity contribution in [2.24, 2.45) is 5.92 Å². The Labute approximate surface area is 139 Å². The number of carbonyl (C=O) groups is 1. The van der Waals surface area contributed by atoms with E-state index in [1.165, 1.54) is 18.6 Å². The molecule has 0 aromatic heterocycles. The molecule has 4 nitrogen and oxygen atoms in total. The van der Waals surface area contributed by atoms with E-state index < -0.39 is 5.60 Å². The number of likely N-dealkylation sites (tertiary alicyclic amines) is 1. The minimum absolute atomic E-state index is 0.158. The third-order valence-electron chi connectivity index (χ3n) is 4.51. The first kappa shape index (κ1) is 17.9. The topological polar surface area (TPSA) is 41.6 Å². The Balaban J connectivity index is 1.83. The fraction of sp³-hybridized carbons (Fsp3) is 0.941. The number of hydrogen-bond acceptors (Lipinski definition) is 4. The predicted octanol–water partition coefficient (Wildman–Crippen LogP) is 3.51. The molecule has 2 aliphatic heterocycles. The summed E-state index contributed by atoms with van der Waals surface area (Å²) in [5.74, 6) is 1.75. The summed E-state index contributed by atoms with van der Waals surface area (Å²) in [4.78, 5) is 14.1. The Morgan fingerprint density at radius 3 is 2.73 bits per heavy atom. The molecule has 22 heavy (non-hydrogen) atoms. The first-order chi connectivity index (χ1) is 10.2. The van der Waals surface area contributed by atoms with Gasteiger partial charge in [-0.25, -0.2) is 4.79 Å². The third-order valence-corrected chi connectivity index (χ3v) is 5.87. The lowest BCUT2D eigenvalue weighted by atomic mass is 9.91. The molecule has 4 atom stereocenters. The first-order valence-electron chi connectivity index (χ1n) is 8.60. The van der Waals surface area contributed by atoms with Crippen LogP contribution in [0.15, 0.2) is 0 Å². The Morgan fingerprint density at radius 1 is 1.41 bits per heavy atom. The van der Waals surface area contributed by atoms with Crippen LogP contribution in [-0.4, -0.2) is 52.8 Å². The largest absolute Gasteiger partial charge is 0.444 e. The smallest absolute Gasteiger partial charge is 0.410 e. The minimum Gasteiger partial charge on any atom is -0.444 e. The predicted molar refractivity (Wildman–Crippen MR) is 93.5 cm³/mol. The average Bonchev–Trinajstić information content (AvgIpc) is 2.82. The second kappa shape index (κ2) is 7.43. The molecule has 0 spiro atoms. The summed E-state index contributed by atoms with van der Waals surface area (Å²) in [6, 6.07) is 1.09. The Kier molecular flexibility index (Phi) is 6.06. The first-order valence-corrected chi connectivity index (χ1v) is 9.65. The van der Waals surface area contributed by atoms with Gasteiger partial charge in [-0.15, -0.1) is 0 Å². The minimum atomic E-state index is -0.412. The average molecular weight is 329 g/mol. The van der Waals surface area contributed by atoms with Crippen LogP contribution in [0.25, 0.3) is 0 Å². The molecule has 2 aliphatic rings. The van der Waals surface area contributed by atoms with E-state index in [1.54, 1.807) is 0 Å². The number of piperidine rings is 1. The van der Waals surface area contributed by atoms with Crippen LogP contribution in [0, 0.1) is 5.92 Å².